The third-order valence-corrected chi connectivity index (χ3v) is 4.94. The second-order valence-electron chi connectivity index (χ2n) is 6.61. The maximum Gasteiger partial charge on any atom is 0.323 e. The highest BCUT2D eigenvalue weighted by Crippen LogP contribution is 2.35. The standard InChI is InChI=1S/C22H15BrN2O6/c23-12-2-1-3-13(9-12)24-22(30)25-14-5-7-18-15(10-14)19(28)20(29)21(31-18)11-4-6-16(26)17(27)8-11/h1-10,26-27,29H,(H2,24,25,30). The molecule has 2 amide bonds. The minimum atomic E-state index is -0.708. The molecule has 0 fully saturated rings. The molecule has 0 bridgehead atoms. The number of halogens is 1. The predicted molar refractivity (Wildman–Crippen MR) is 120 cm³/mol. The molecule has 0 spiro atoms. The monoisotopic (exact) mass is 482 g/mol. The van der Waals surface area contributed by atoms with Gasteiger partial charge in [-0.3, -0.25) is 4.79 Å². The van der Waals surface area contributed by atoms with Crippen molar-refractivity contribution in [1.29, 1.82) is 0 Å². The highest BCUT2D eigenvalue weighted by atomic mass is 79.9. The molecule has 1 aromatic heterocycles. The summed E-state index contributed by atoms with van der Waals surface area (Å²) >= 11 is 3.32. The van der Waals surface area contributed by atoms with Crippen molar-refractivity contribution in [3.63, 3.8) is 0 Å². The summed E-state index contributed by atoms with van der Waals surface area (Å²) < 4.78 is 6.45. The lowest BCUT2D eigenvalue weighted by atomic mass is 10.1. The van der Waals surface area contributed by atoms with E-state index in [9.17, 15) is 24.9 Å². The molecule has 0 aliphatic heterocycles. The normalized spacial score (nSPS) is 10.7. The molecule has 31 heavy (non-hydrogen) atoms. The zero-order valence-corrected chi connectivity index (χ0v) is 17.3. The first-order valence-electron chi connectivity index (χ1n) is 8.97. The number of carbonyl (C=O) groups excluding carboxylic acids is 1. The Morgan fingerprint density at radius 3 is 2.32 bits per heavy atom. The van der Waals surface area contributed by atoms with Gasteiger partial charge < -0.3 is 30.4 Å². The Bertz CT molecular complexity index is 1380. The summed E-state index contributed by atoms with van der Waals surface area (Å²) in [6, 6.07) is 14.7. The van der Waals surface area contributed by atoms with Crippen LogP contribution in [0.3, 0.4) is 0 Å². The molecule has 3 aromatic carbocycles. The summed E-state index contributed by atoms with van der Waals surface area (Å²) in [7, 11) is 0. The molecule has 156 valence electrons. The molecule has 5 N–H and O–H groups in total. The van der Waals surface area contributed by atoms with E-state index in [2.05, 4.69) is 26.6 Å². The van der Waals surface area contributed by atoms with Crippen LogP contribution in [-0.2, 0) is 0 Å². The summed E-state index contributed by atoms with van der Waals surface area (Å²) in [5, 5.41) is 34.8. The molecule has 0 saturated carbocycles. The topological polar surface area (TPSA) is 132 Å². The van der Waals surface area contributed by atoms with Crippen molar-refractivity contribution in [3.8, 4) is 28.6 Å². The van der Waals surface area contributed by atoms with Gasteiger partial charge in [0.2, 0.25) is 11.2 Å². The second-order valence-corrected chi connectivity index (χ2v) is 7.53. The van der Waals surface area contributed by atoms with Gasteiger partial charge in [-0.05, 0) is 54.6 Å². The molecular formula is C22H15BrN2O6. The van der Waals surface area contributed by atoms with Crippen LogP contribution in [0.15, 0.2) is 74.3 Å². The largest absolute Gasteiger partial charge is 0.504 e. The van der Waals surface area contributed by atoms with Crippen LogP contribution in [0, 0.1) is 0 Å². The average molecular weight is 483 g/mol. The number of nitrogens with one attached hydrogen (secondary N) is 2. The van der Waals surface area contributed by atoms with Crippen LogP contribution >= 0.6 is 15.9 Å². The van der Waals surface area contributed by atoms with Crippen LogP contribution in [0.2, 0.25) is 0 Å². The number of urea groups is 1. The van der Waals surface area contributed by atoms with Crippen molar-refractivity contribution >= 4 is 44.3 Å². The van der Waals surface area contributed by atoms with Crippen LogP contribution in [-0.4, -0.2) is 21.4 Å². The van der Waals surface area contributed by atoms with Crippen LogP contribution in [0.25, 0.3) is 22.3 Å². The van der Waals surface area contributed by atoms with E-state index in [1.54, 1.807) is 24.3 Å². The lowest BCUT2D eigenvalue weighted by molar-refractivity contribution is 0.262. The molecule has 1 heterocycles. The molecule has 8 nitrogen and oxygen atoms in total. The van der Waals surface area contributed by atoms with Crippen molar-refractivity contribution in [2.45, 2.75) is 0 Å². The number of phenolic OH excluding ortho intramolecular Hbond substituents is 2. The van der Waals surface area contributed by atoms with E-state index in [1.165, 1.54) is 30.3 Å². The zero-order chi connectivity index (χ0) is 22.1. The molecule has 0 aliphatic carbocycles. The molecular weight excluding hydrogens is 468 g/mol. The van der Waals surface area contributed by atoms with Gasteiger partial charge in [-0.15, -0.1) is 0 Å². The van der Waals surface area contributed by atoms with Gasteiger partial charge in [-0.2, -0.15) is 0 Å². The zero-order valence-electron chi connectivity index (χ0n) is 15.7. The van der Waals surface area contributed by atoms with E-state index in [0.717, 1.165) is 4.47 Å². The van der Waals surface area contributed by atoms with Gasteiger partial charge in [-0.1, -0.05) is 22.0 Å². The first kappa shape index (κ1) is 20.3. The third-order valence-electron chi connectivity index (χ3n) is 4.44. The van der Waals surface area contributed by atoms with E-state index in [-0.39, 0.29) is 28.0 Å². The van der Waals surface area contributed by atoms with E-state index in [0.29, 0.717) is 11.4 Å². The van der Waals surface area contributed by atoms with E-state index in [4.69, 9.17) is 4.42 Å². The molecule has 4 aromatic rings. The minimum absolute atomic E-state index is 0.0597. The van der Waals surface area contributed by atoms with Crippen molar-refractivity contribution in [2.24, 2.45) is 0 Å². The third kappa shape index (κ3) is 4.17. The predicted octanol–water partition coefficient (Wildman–Crippen LogP) is 4.98. The van der Waals surface area contributed by atoms with Crippen LogP contribution in [0.1, 0.15) is 0 Å². The van der Waals surface area contributed by atoms with Gasteiger partial charge >= 0.3 is 6.03 Å². The highest BCUT2D eigenvalue weighted by Gasteiger charge is 2.17. The highest BCUT2D eigenvalue weighted by molar-refractivity contribution is 9.10. The Hall–Kier alpha value is -3.98. The number of anilines is 2. The van der Waals surface area contributed by atoms with Crippen molar-refractivity contribution in [3.05, 3.63) is 75.4 Å². The fraction of sp³-hybridized carbons (Fsp3) is 0. The van der Waals surface area contributed by atoms with Crippen molar-refractivity contribution in [1.82, 2.24) is 0 Å². The Labute approximate surface area is 183 Å². The van der Waals surface area contributed by atoms with Crippen LogP contribution in [0.5, 0.6) is 17.2 Å². The summed E-state index contributed by atoms with van der Waals surface area (Å²) in [4.78, 5) is 24.9. The van der Waals surface area contributed by atoms with Gasteiger partial charge in [-0.25, -0.2) is 4.79 Å². The number of hydrogen-bond donors (Lipinski definition) is 5. The van der Waals surface area contributed by atoms with E-state index >= 15 is 0 Å². The number of aromatic hydroxyl groups is 3. The number of benzene rings is 3. The molecule has 4 rings (SSSR count). The SMILES string of the molecule is O=C(Nc1cccc(Br)c1)Nc1ccc2oc(-c3ccc(O)c(O)c3)c(O)c(=O)c2c1. The molecule has 0 radical (unpaired) electrons. The molecule has 0 unspecified atom stereocenters. The van der Waals surface area contributed by atoms with Gasteiger partial charge in [0, 0.05) is 21.4 Å². The smallest absolute Gasteiger partial charge is 0.323 e. The minimum Gasteiger partial charge on any atom is -0.504 e. The van der Waals surface area contributed by atoms with Crippen LogP contribution in [0.4, 0.5) is 16.2 Å². The Morgan fingerprint density at radius 2 is 1.61 bits per heavy atom. The Morgan fingerprint density at radius 1 is 0.871 bits per heavy atom. The van der Waals surface area contributed by atoms with E-state index < -0.39 is 23.0 Å². The van der Waals surface area contributed by atoms with Crippen molar-refractivity contribution in [2.75, 3.05) is 10.6 Å². The second kappa shape index (κ2) is 8.04. The first-order valence-corrected chi connectivity index (χ1v) is 9.77. The fourth-order valence-electron chi connectivity index (χ4n) is 2.98. The Balaban J connectivity index is 1.65. The average Bonchev–Trinajstić information content (AvgIpc) is 2.73. The summed E-state index contributed by atoms with van der Waals surface area (Å²) in [5.41, 5.74) is 0.568. The molecule has 0 aliphatic rings. The quantitative estimate of drug-likeness (QED) is 0.261. The van der Waals surface area contributed by atoms with Gasteiger partial charge in [0.15, 0.2) is 17.3 Å². The number of fused-ring (bicyclic) bond motifs is 1. The van der Waals surface area contributed by atoms with Crippen molar-refractivity contribution < 1.29 is 24.5 Å². The number of amides is 2. The lowest BCUT2D eigenvalue weighted by Gasteiger charge is -2.10. The maximum absolute atomic E-state index is 12.7. The molecule has 0 saturated heterocycles. The maximum atomic E-state index is 12.7. The number of carbonyl (C=O) groups is 1. The Kier molecular flexibility index (Phi) is 5.26. The summed E-state index contributed by atoms with van der Waals surface area (Å²) in [6.45, 7) is 0. The van der Waals surface area contributed by atoms with Gasteiger partial charge in [0.25, 0.3) is 0 Å². The number of phenols is 2. The fourth-order valence-corrected chi connectivity index (χ4v) is 3.38. The van der Waals surface area contributed by atoms with Crippen LogP contribution < -0.4 is 16.1 Å². The first-order chi connectivity index (χ1) is 14.8. The summed E-state index contributed by atoms with van der Waals surface area (Å²) in [5.74, 6) is -1.58. The lowest BCUT2D eigenvalue weighted by Crippen LogP contribution is -2.19. The van der Waals surface area contributed by atoms with Gasteiger partial charge in [0.1, 0.15) is 5.58 Å². The van der Waals surface area contributed by atoms with E-state index in [1.807, 2.05) is 6.07 Å². The number of rotatable bonds is 3. The molecule has 0 atom stereocenters. The van der Waals surface area contributed by atoms with Gasteiger partial charge in [0.05, 0.1) is 5.39 Å². The molecule has 9 heteroatoms. The summed E-state index contributed by atoms with van der Waals surface area (Å²) in [6.07, 6.45) is 0. The number of hydrogen-bond acceptors (Lipinski definition) is 6.